The van der Waals surface area contributed by atoms with E-state index in [0.29, 0.717) is 12.1 Å². The standard InChI is InChI=1S/C21H27NS.ClH/c1-4-13-22(16(2)3)18-14-20-19(17-9-6-5-7-10-17)11-8-12-21(20)23-15-18;/h5-12,16,18H,4,13-15H2,1-3H3;1H. The van der Waals surface area contributed by atoms with Crippen LogP contribution in [-0.2, 0) is 6.42 Å². The van der Waals surface area contributed by atoms with Crippen LogP contribution in [0.25, 0.3) is 11.1 Å². The number of fused-ring (bicyclic) bond motifs is 1. The second-order valence-electron chi connectivity index (χ2n) is 6.65. The molecule has 0 spiro atoms. The molecule has 0 amide bonds. The highest BCUT2D eigenvalue weighted by Crippen LogP contribution is 2.38. The Hall–Kier alpha value is -0.960. The molecule has 0 radical (unpaired) electrons. The summed E-state index contributed by atoms with van der Waals surface area (Å²) in [6.45, 7) is 8.15. The molecule has 2 aromatic rings. The van der Waals surface area contributed by atoms with E-state index in [1.807, 2.05) is 11.8 Å². The number of rotatable bonds is 5. The van der Waals surface area contributed by atoms with Crippen LogP contribution in [0.15, 0.2) is 53.4 Å². The molecule has 1 aliphatic heterocycles. The van der Waals surface area contributed by atoms with E-state index >= 15 is 0 Å². The molecule has 1 aliphatic rings. The smallest absolute Gasteiger partial charge is 0.0233 e. The Morgan fingerprint density at radius 1 is 1.08 bits per heavy atom. The fourth-order valence-corrected chi connectivity index (χ4v) is 4.84. The van der Waals surface area contributed by atoms with Gasteiger partial charge in [-0.2, -0.15) is 0 Å². The third kappa shape index (κ3) is 4.17. The van der Waals surface area contributed by atoms with Gasteiger partial charge in [0.1, 0.15) is 0 Å². The Labute approximate surface area is 157 Å². The monoisotopic (exact) mass is 361 g/mol. The second kappa shape index (κ2) is 8.94. The van der Waals surface area contributed by atoms with E-state index in [0.717, 1.165) is 0 Å². The van der Waals surface area contributed by atoms with Crippen LogP contribution in [0.4, 0.5) is 0 Å². The predicted molar refractivity (Wildman–Crippen MR) is 109 cm³/mol. The SMILES string of the molecule is CCCN(C(C)C)C1CSc2cccc(-c3ccccc3)c2C1.Cl. The molecule has 0 aliphatic carbocycles. The van der Waals surface area contributed by atoms with Gasteiger partial charge >= 0.3 is 0 Å². The van der Waals surface area contributed by atoms with Gasteiger partial charge in [-0.15, -0.1) is 24.2 Å². The lowest BCUT2D eigenvalue weighted by molar-refractivity contribution is 0.164. The lowest BCUT2D eigenvalue weighted by atomic mass is 9.94. The molecule has 0 aromatic heterocycles. The molecule has 2 aromatic carbocycles. The van der Waals surface area contributed by atoms with Crippen molar-refractivity contribution in [3.8, 4) is 11.1 Å². The van der Waals surface area contributed by atoms with Gasteiger partial charge in [0.05, 0.1) is 0 Å². The normalized spacial score (nSPS) is 16.8. The average molecular weight is 362 g/mol. The molecule has 0 saturated heterocycles. The van der Waals surface area contributed by atoms with Gasteiger partial charge < -0.3 is 0 Å². The summed E-state index contributed by atoms with van der Waals surface area (Å²) in [5, 5.41) is 0. The zero-order chi connectivity index (χ0) is 16.2. The molecule has 3 heteroatoms. The summed E-state index contributed by atoms with van der Waals surface area (Å²) >= 11 is 2.04. The Morgan fingerprint density at radius 2 is 1.83 bits per heavy atom. The summed E-state index contributed by atoms with van der Waals surface area (Å²) in [5.41, 5.74) is 4.30. The maximum Gasteiger partial charge on any atom is 0.0233 e. The van der Waals surface area contributed by atoms with Crippen molar-refractivity contribution in [3.63, 3.8) is 0 Å². The van der Waals surface area contributed by atoms with Gasteiger partial charge in [-0.1, -0.05) is 49.4 Å². The van der Waals surface area contributed by atoms with Crippen molar-refractivity contribution in [1.29, 1.82) is 0 Å². The van der Waals surface area contributed by atoms with Crippen LogP contribution in [0.5, 0.6) is 0 Å². The van der Waals surface area contributed by atoms with Gasteiger partial charge in [0.25, 0.3) is 0 Å². The fourth-order valence-electron chi connectivity index (χ4n) is 3.61. The third-order valence-corrected chi connectivity index (χ3v) is 5.95. The van der Waals surface area contributed by atoms with E-state index in [9.17, 15) is 0 Å². The zero-order valence-corrected chi connectivity index (χ0v) is 16.5. The number of thioether (sulfide) groups is 1. The average Bonchev–Trinajstić information content (AvgIpc) is 2.59. The Bertz CT molecular complexity index is 642. The second-order valence-corrected chi connectivity index (χ2v) is 7.71. The van der Waals surface area contributed by atoms with E-state index in [2.05, 4.69) is 74.2 Å². The third-order valence-electron chi connectivity index (χ3n) is 4.70. The summed E-state index contributed by atoms with van der Waals surface area (Å²) < 4.78 is 0. The topological polar surface area (TPSA) is 3.24 Å². The number of halogens is 1. The van der Waals surface area contributed by atoms with E-state index in [1.165, 1.54) is 41.2 Å². The minimum atomic E-state index is 0. The van der Waals surface area contributed by atoms with Crippen molar-refractivity contribution < 1.29 is 0 Å². The summed E-state index contributed by atoms with van der Waals surface area (Å²) in [5.74, 6) is 1.21. The minimum absolute atomic E-state index is 0. The molecule has 1 atom stereocenters. The Kier molecular flexibility index (Phi) is 7.21. The zero-order valence-electron chi connectivity index (χ0n) is 14.9. The highest BCUT2D eigenvalue weighted by Gasteiger charge is 2.27. The molecule has 0 fully saturated rings. The van der Waals surface area contributed by atoms with Gasteiger partial charge in [0, 0.05) is 22.7 Å². The lowest BCUT2D eigenvalue weighted by Crippen LogP contribution is -2.44. The van der Waals surface area contributed by atoms with E-state index in [1.54, 1.807) is 5.56 Å². The minimum Gasteiger partial charge on any atom is -0.297 e. The summed E-state index contributed by atoms with van der Waals surface area (Å²) in [7, 11) is 0. The van der Waals surface area contributed by atoms with E-state index in [-0.39, 0.29) is 12.4 Å². The number of hydrogen-bond donors (Lipinski definition) is 0. The molecule has 130 valence electrons. The van der Waals surface area contributed by atoms with Gasteiger partial charge in [-0.25, -0.2) is 0 Å². The van der Waals surface area contributed by atoms with Crippen molar-refractivity contribution in [2.45, 2.75) is 50.6 Å². The first-order valence-electron chi connectivity index (χ1n) is 8.76. The van der Waals surface area contributed by atoms with Crippen molar-refractivity contribution in [3.05, 3.63) is 54.1 Å². The predicted octanol–water partition coefficient (Wildman–Crippen LogP) is 5.91. The van der Waals surface area contributed by atoms with Crippen molar-refractivity contribution in [2.75, 3.05) is 12.3 Å². The molecule has 0 N–H and O–H groups in total. The first-order valence-corrected chi connectivity index (χ1v) is 9.75. The summed E-state index contributed by atoms with van der Waals surface area (Å²) in [6, 6.07) is 18.9. The first kappa shape index (κ1) is 19.4. The lowest BCUT2D eigenvalue weighted by Gasteiger charge is -2.38. The number of nitrogens with zero attached hydrogens (tertiary/aromatic N) is 1. The maximum absolute atomic E-state index is 2.69. The summed E-state index contributed by atoms with van der Waals surface area (Å²) in [6.07, 6.45) is 2.40. The number of hydrogen-bond acceptors (Lipinski definition) is 2. The van der Waals surface area contributed by atoms with Gasteiger partial charge in [0.2, 0.25) is 0 Å². The van der Waals surface area contributed by atoms with Gasteiger partial charge in [-0.3, -0.25) is 4.90 Å². The highest BCUT2D eigenvalue weighted by atomic mass is 35.5. The van der Waals surface area contributed by atoms with Crippen LogP contribution in [0.3, 0.4) is 0 Å². The highest BCUT2D eigenvalue weighted by molar-refractivity contribution is 7.99. The van der Waals surface area contributed by atoms with Crippen LogP contribution in [-0.4, -0.2) is 29.3 Å². The molecule has 24 heavy (non-hydrogen) atoms. The van der Waals surface area contributed by atoms with E-state index in [4.69, 9.17) is 0 Å². The van der Waals surface area contributed by atoms with Crippen molar-refractivity contribution in [1.82, 2.24) is 4.90 Å². The molecule has 1 nitrogen and oxygen atoms in total. The van der Waals surface area contributed by atoms with E-state index < -0.39 is 0 Å². The Balaban J connectivity index is 0.00000208. The maximum atomic E-state index is 2.69. The van der Waals surface area contributed by atoms with Crippen molar-refractivity contribution in [2.24, 2.45) is 0 Å². The quantitative estimate of drug-likeness (QED) is 0.650. The molecule has 1 unspecified atom stereocenters. The largest absolute Gasteiger partial charge is 0.297 e. The fraction of sp³-hybridized carbons (Fsp3) is 0.429. The molecular weight excluding hydrogens is 334 g/mol. The number of benzene rings is 2. The van der Waals surface area contributed by atoms with Crippen LogP contribution < -0.4 is 0 Å². The molecule has 0 bridgehead atoms. The summed E-state index contributed by atoms with van der Waals surface area (Å²) in [4.78, 5) is 4.17. The van der Waals surface area contributed by atoms with Crippen molar-refractivity contribution >= 4 is 24.2 Å². The van der Waals surface area contributed by atoms with Gasteiger partial charge in [0.15, 0.2) is 0 Å². The Morgan fingerprint density at radius 3 is 2.50 bits per heavy atom. The molecule has 1 heterocycles. The molecule has 3 rings (SSSR count). The first-order chi connectivity index (χ1) is 11.2. The van der Waals surface area contributed by atoms with Crippen LogP contribution in [0, 0.1) is 0 Å². The van der Waals surface area contributed by atoms with Crippen LogP contribution in [0.1, 0.15) is 32.8 Å². The van der Waals surface area contributed by atoms with Crippen LogP contribution >= 0.6 is 24.2 Å². The molecular formula is C21H28ClNS. The van der Waals surface area contributed by atoms with Crippen LogP contribution in [0.2, 0.25) is 0 Å². The van der Waals surface area contributed by atoms with Gasteiger partial charge in [-0.05, 0) is 56.0 Å². The molecule has 0 saturated carbocycles.